The number of aromatic nitrogens is 2. The van der Waals surface area contributed by atoms with E-state index in [2.05, 4.69) is 31.0 Å². The van der Waals surface area contributed by atoms with E-state index in [-0.39, 0.29) is 22.5 Å². The van der Waals surface area contributed by atoms with Crippen LogP contribution in [0.4, 0.5) is 0 Å². The zero-order chi connectivity index (χ0) is 6.91. The molecule has 1 radical (unpaired) electrons. The third-order valence-electron chi connectivity index (χ3n) is 1.31. The van der Waals surface area contributed by atoms with Gasteiger partial charge in [-0.15, -0.1) is 0 Å². The van der Waals surface area contributed by atoms with E-state index in [1.807, 2.05) is 6.07 Å². The molecule has 0 saturated heterocycles. The molecule has 0 aliphatic rings. The van der Waals surface area contributed by atoms with Crippen LogP contribution in [0.15, 0.2) is 12.3 Å². The summed E-state index contributed by atoms with van der Waals surface area (Å²) in [5.41, 5.74) is 1.39. The molecule has 1 rings (SSSR count). The van der Waals surface area contributed by atoms with Crippen LogP contribution in [0.5, 0.6) is 0 Å². The molecule has 0 aliphatic heterocycles. The smallest absolute Gasteiger partial charge is 0.0490 e. The minimum absolute atomic E-state index is 0. The van der Waals surface area contributed by atoms with E-state index in [1.54, 1.807) is 6.20 Å². The molecule has 0 aromatic carbocycles. The first-order chi connectivity index (χ1) is 4.11. The first-order valence-electron chi connectivity index (χ1n) is 3.10. The summed E-state index contributed by atoms with van der Waals surface area (Å²) in [7, 11) is 0. The van der Waals surface area contributed by atoms with Crippen LogP contribution in [0.25, 0.3) is 0 Å². The van der Waals surface area contributed by atoms with Gasteiger partial charge in [-0.2, -0.15) is 5.10 Å². The number of nitrogens with zero attached hydrogens (tertiary/aromatic N) is 1. The number of rotatable bonds is 0. The van der Waals surface area contributed by atoms with Gasteiger partial charge in [0.1, 0.15) is 0 Å². The van der Waals surface area contributed by atoms with Crippen molar-refractivity contribution in [3.63, 3.8) is 0 Å². The minimum Gasteiger partial charge on any atom is -0.282 e. The van der Waals surface area contributed by atoms with Gasteiger partial charge in [-0.1, -0.05) is 20.8 Å². The van der Waals surface area contributed by atoms with Gasteiger partial charge >= 0.3 is 0 Å². The largest absolute Gasteiger partial charge is 0.282 e. The molecule has 61 valence electrons. The quantitative estimate of drug-likeness (QED) is 0.616. The zero-order valence-corrected chi connectivity index (χ0v) is 7.35. The Hall–Kier alpha value is -0.271. The van der Waals surface area contributed by atoms with Crippen molar-refractivity contribution in [2.24, 2.45) is 0 Å². The molecule has 3 heteroatoms. The van der Waals surface area contributed by atoms with E-state index < -0.39 is 0 Å². The predicted molar refractivity (Wildman–Crippen MR) is 37.3 cm³/mol. The second-order valence-corrected chi connectivity index (χ2v) is 3.22. The molecule has 1 N–H and O–H groups in total. The Labute approximate surface area is 71.9 Å². The maximum absolute atomic E-state index is 3.86. The van der Waals surface area contributed by atoms with E-state index >= 15 is 0 Å². The fraction of sp³-hybridized carbons (Fsp3) is 0.571. The molecule has 2 nitrogen and oxygen atoms in total. The molecule has 1 aromatic heterocycles. The maximum atomic E-state index is 3.86. The van der Waals surface area contributed by atoms with Gasteiger partial charge in [-0.3, -0.25) is 5.10 Å². The summed E-state index contributed by atoms with van der Waals surface area (Å²) >= 11 is 0. The summed E-state index contributed by atoms with van der Waals surface area (Å²) in [6.45, 7) is 6.46. The fourth-order valence-electron chi connectivity index (χ4n) is 0.674. The number of hydrogen-bond donors (Lipinski definition) is 1. The molecule has 0 amide bonds. The van der Waals surface area contributed by atoms with Crippen molar-refractivity contribution in [2.45, 2.75) is 26.2 Å². The first-order valence-corrected chi connectivity index (χ1v) is 3.10. The van der Waals surface area contributed by atoms with Gasteiger partial charge in [0.2, 0.25) is 0 Å². The van der Waals surface area contributed by atoms with Gasteiger partial charge < -0.3 is 0 Å². The SMILES string of the molecule is CC(C)(C)c1ccn[nH]1.[Cu]. The number of aromatic amines is 1. The molecule has 0 fully saturated rings. The van der Waals surface area contributed by atoms with Crippen molar-refractivity contribution in [1.29, 1.82) is 0 Å². The number of hydrogen-bond acceptors (Lipinski definition) is 1. The van der Waals surface area contributed by atoms with E-state index in [1.165, 1.54) is 5.69 Å². The summed E-state index contributed by atoms with van der Waals surface area (Å²) in [5, 5.41) is 6.79. The molecule has 0 atom stereocenters. The average molecular weight is 188 g/mol. The average Bonchev–Trinajstić information content (AvgIpc) is 2.08. The van der Waals surface area contributed by atoms with Crippen molar-refractivity contribution < 1.29 is 17.1 Å². The molecular formula is C7H12CuN2. The van der Waals surface area contributed by atoms with E-state index in [9.17, 15) is 0 Å². The molecule has 10 heavy (non-hydrogen) atoms. The Morgan fingerprint density at radius 3 is 2.20 bits per heavy atom. The van der Waals surface area contributed by atoms with Crippen molar-refractivity contribution in [2.75, 3.05) is 0 Å². The second kappa shape index (κ2) is 3.22. The van der Waals surface area contributed by atoms with E-state index in [4.69, 9.17) is 0 Å². The molecule has 0 saturated carbocycles. The topological polar surface area (TPSA) is 28.7 Å². The molecule has 1 heterocycles. The van der Waals surface area contributed by atoms with Gasteiger partial charge in [0.05, 0.1) is 0 Å². The van der Waals surface area contributed by atoms with E-state index in [0.29, 0.717) is 0 Å². The van der Waals surface area contributed by atoms with Crippen LogP contribution >= 0.6 is 0 Å². The Kier molecular flexibility index (Phi) is 3.13. The van der Waals surface area contributed by atoms with Gasteiger partial charge in [0, 0.05) is 34.4 Å². The zero-order valence-electron chi connectivity index (χ0n) is 6.40. The first kappa shape index (κ1) is 9.73. The molecular weight excluding hydrogens is 176 g/mol. The monoisotopic (exact) mass is 187 g/mol. The minimum atomic E-state index is 0. The fourth-order valence-corrected chi connectivity index (χ4v) is 0.674. The second-order valence-electron chi connectivity index (χ2n) is 3.22. The number of H-pyrrole nitrogens is 1. The van der Waals surface area contributed by atoms with Gasteiger partial charge in [-0.05, 0) is 6.07 Å². The van der Waals surface area contributed by atoms with Crippen molar-refractivity contribution in [3.8, 4) is 0 Å². The van der Waals surface area contributed by atoms with Gasteiger partial charge in [0.15, 0.2) is 0 Å². The third kappa shape index (κ3) is 2.16. The Balaban J connectivity index is 0.000000810. The van der Waals surface area contributed by atoms with Crippen LogP contribution in [0, 0.1) is 0 Å². The van der Waals surface area contributed by atoms with Crippen LogP contribution in [0.1, 0.15) is 26.5 Å². The van der Waals surface area contributed by atoms with Crippen molar-refractivity contribution >= 4 is 0 Å². The van der Waals surface area contributed by atoms with Crippen molar-refractivity contribution in [1.82, 2.24) is 10.2 Å². The summed E-state index contributed by atoms with van der Waals surface area (Å²) in [4.78, 5) is 0. The number of nitrogens with one attached hydrogen (secondary N) is 1. The molecule has 0 bridgehead atoms. The van der Waals surface area contributed by atoms with Gasteiger partial charge in [0.25, 0.3) is 0 Å². The molecule has 0 aliphatic carbocycles. The van der Waals surface area contributed by atoms with Crippen LogP contribution in [-0.2, 0) is 22.5 Å². The standard InChI is InChI=1S/C7H12N2.Cu/c1-7(2,3)6-4-5-8-9-6;/h4-5H,1-3H3,(H,8,9);. The van der Waals surface area contributed by atoms with Crippen LogP contribution in [0.3, 0.4) is 0 Å². The summed E-state index contributed by atoms with van der Waals surface area (Å²) in [6, 6.07) is 2.00. The normalized spacial score (nSPS) is 10.7. The van der Waals surface area contributed by atoms with Crippen LogP contribution in [0.2, 0.25) is 0 Å². The Bertz CT molecular complexity index is 174. The summed E-state index contributed by atoms with van der Waals surface area (Å²) in [6.07, 6.45) is 1.78. The molecule has 1 aromatic rings. The van der Waals surface area contributed by atoms with Crippen LogP contribution in [-0.4, -0.2) is 10.2 Å². The van der Waals surface area contributed by atoms with Crippen LogP contribution < -0.4 is 0 Å². The molecule has 0 unspecified atom stereocenters. The van der Waals surface area contributed by atoms with Crippen molar-refractivity contribution in [3.05, 3.63) is 18.0 Å². The summed E-state index contributed by atoms with van der Waals surface area (Å²) in [5.74, 6) is 0. The maximum Gasteiger partial charge on any atom is 0.0490 e. The third-order valence-corrected chi connectivity index (χ3v) is 1.31. The molecule has 0 spiro atoms. The van der Waals surface area contributed by atoms with E-state index in [0.717, 1.165) is 0 Å². The Morgan fingerprint density at radius 2 is 2.00 bits per heavy atom. The summed E-state index contributed by atoms with van der Waals surface area (Å²) < 4.78 is 0. The Morgan fingerprint density at radius 1 is 1.40 bits per heavy atom. The predicted octanol–water partition coefficient (Wildman–Crippen LogP) is 1.70. The van der Waals surface area contributed by atoms with Gasteiger partial charge in [-0.25, -0.2) is 0 Å².